The second-order valence-electron chi connectivity index (χ2n) is 5.17. The molecule has 1 heterocycles. The van der Waals surface area contributed by atoms with Crippen LogP contribution < -0.4 is 5.32 Å². The number of nitrogens with zero attached hydrogens (tertiary/aromatic N) is 1. The average molecular weight is 294 g/mol. The molecule has 0 unspecified atom stereocenters. The lowest BCUT2D eigenvalue weighted by atomic mass is 10.1. The van der Waals surface area contributed by atoms with E-state index in [-0.39, 0.29) is 0 Å². The van der Waals surface area contributed by atoms with Crippen molar-refractivity contribution >= 4 is 17.0 Å². The number of rotatable bonds is 4. The lowest BCUT2D eigenvalue weighted by Crippen LogP contribution is -1.99. The Kier molecular flexibility index (Phi) is 4.02. The molecule has 0 aliphatic rings. The summed E-state index contributed by atoms with van der Waals surface area (Å²) in [5, 5.41) is 6.66. The fourth-order valence-corrected chi connectivity index (χ4v) is 2.90. The number of aryl methyl sites for hydroxylation is 2. The zero-order chi connectivity index (χ0) is 14.7. The SMILES string of the molecule is Cc1cccc(CNc2ccc(-c3csc(C)n3)cc2)c1. The van der Waals surface area contributed by atoms with Gasteiger partial charge in [0, 0.05) is 23.2 Å². The van der Waals surface area contributed by atoms with E-state index in [2.05, 4.69) is 71.1 Å². The Balaban J connectivity index is 1.67. The van der Waals surface area contributed by atoms with E-state index in [1.165, 1.54) is 16.7 Å². The summed E-state index contributed by atoms with van der Waals surface area (Å²) in [6.07, 6.45) is 0. The summed E-state index contributed by atoms with van der Waals surface area (Å²) in [6, 6.07) is 17.0. The standard InChI is InChI=1S/C18H18N2S/c1-13-4-3-5-15(10-13)11-19-17-8-6-16(7-9-17)18-12-21-14(2)20-18/h3-10,12,19H,11H2,1-2H3. The molecule has 0 bridgehead atoms. The molecular weight excluding hydrogens is 276 g/mol. The third-order valence-corrected chi connectivity index (χ3v) is 4.15. The Morgan fingerprint density at radius 2 is 1.86 bits per heavy atom. The van der Waals surface area contributed by atoms with Crippen molar-refractivity contribution < 1.29 is 0 Å². The second-order valence-corrected chi connectivity index (χ2v) is 6.23. The zero-order valence-corrected chi connectivity index (χ0v) is 13.1. The summed E-state index contributed by atoms with van der Waals surface area (Å²) < 4.78 is 0. The molecule has 1 aromatic heterocycles. The molecule has 0 spiro atoms. The van der Waals surface area contributed by atoms with Crippen molar-refractivity contribution in [2.24, 2.45) is 0 Å². The van der Waals surface area contributed by atoms with Crippen LogP contribution in [0, 0.1) is 13.8 Å². The highest BCUT2D eigenvalue weighted by atomic mass is 32.1. The highest BCUT2D eigenvalue weighted by molar-refractivity contribution is 7.09. The maximum Gasteiger partial charge on any atom is 0.0901 e. The average Bonchev–Trinajstić information content (AvgIpc) is 2.92. The first-order valence-corrected chi connectivity index (χ1v) is 7.91. The van der Waals surface area contributed by atoms with Crippen LogP contribution in [-0.4, -0.2) is 4.98 Å². The number of thiazole rings is 1. The minimum Gasteiger partial charge on any atom is -0.381 e. The summed E-state index contributed by atoms with van der Waals surface area (Å²) in [7, 11) is 0. The number of benzene rings is 2. The van der Waals surface area contributed by atoms with Gasteiger partial charge in [0.05, 0.1) is 10.7 Å². The Morgan fingerprint density at radius 3 is 2.52 bits per heavy atom. The molecule has 3 aromatic rings. The summed E-state index contributed by atoms with van der Waals surface area (Å²) in [5.41, 5.74) is 5.95. The predicted molar refractivity (Wildman–Crippen MR) is 90.8 cm³/mol. The molecule has 2 nitrogen and oxygen atoms in total. The molecule has 1 N–H and O–H groups in total. The molecule has 3 heteroatoms. The van der Waals surface area contributed by atoms with E-state index in [1.807, 2.05) is 6.92 Å². The van der Waals surface area contributed by atoms with Crippen LogP contribution >= 0.6 is 11.3 Å². The molecule has 0 saturated heterocycles. The van der Waals surface area contributed by atoms with E-state index < -0.39 is 0 Å². The van der Waals surface area contributed by atoms with Crippen LogP contribution in [0.15, 0.2) is 53.9 Å². The molecule has 0 amide bonds. The van der Waals surface area contributed by atoms with Crippen LogP contribution in [0.3, 0.4) is 0 Å². The highest BCUT2D eigenvalue weighted by Gasteiger charge is 2.02. The van der Waals surface area contributed by atoms with Crippen LogP contribution in [0.4, 0.5) is 5.69 Å². The summed E-state index contributed by atoms with van der Waals surface area (Å²) in [5.74, 6) is 0. The summed E-state index contributed by atoms with van der Waals surface area (Å²) in [4.78, 5) is 4.51. The van der Waals surface area contributed by atoms with E-state index in [9.17, 15) is 0 Å². The Morgan fingerprint density at radius 1 is 1.05 bits per heavy atom. The third-order valence-electron chi connectivity index (χ3n) is 3.38. The van der Waals surface area contributed by atoms with Gasteiger partial charge in [-0.2, -0.15) is 0 Å². The molecule has 0 fully saturated rings. The minimum absolute atomic E-state index is 0.844. The first-order chi connectivity index (χ1) is 10.2. The Labute approximate surface area is 129 Å². The molecule has 0 aliphatic heterocycles. The van der Waals surface area contributed by atoms with Gasteiger partial charge in [0.1, 0.15) is 0 Å². The van der Waals surface area contributed by atoms with Crippen LogP contribution in [0.2, 0.25) is 0 Å². The van der Waals surface area contributed by atoms with Gasteiger partial charge in [-0.05, 0) is 31.5 Å². The first-order valence-electron chi connectivity index (χ1n) is 7.03. The van der Waals surface area contributed by atoms with Crippen molar-refractivity contribution in [2.45, 2.75) is 20.4 Å². The molecule has 106 valence electrons. The van der Waals surface area contributed by atoms with Gasteiger partial charge in [-0.15, -0.1) is 11.3 Å². The van der Waals surface area contributed by atoms with Gasteiger partial charge in [0.15, 0.2) is 0 Å². The fourth-order valence-electron chi connectivity index (χ4n) is 2.28. The topological polar surface area (TPSA) is 24.9 Å². The van der Waals surface area contributed by atoms with Crippen molar-refractivity contribution in [3.63, 3.8) is 0 Å². The normalized spacial score (nSPS) is 10.6. The van der Waals surface area contributed by atoms with Gasteiger partial charge in [-0.1, -0.05) is 42.0 Å². The number of aromatic nitrogens is 1. The monoisotopic (exact) mass is 294 g/mol. The molecule has 0 radical (unpaired) electrons. The maximum atomic E-state index is 4.51. The molecule has 0 saturated carbocycles. The Bertz CT molecular complexity index is 729. The minimum atomic E-state index is 0.844. The number of anilines is 1. The van der Waals surface area contributed by atoms with E-state index in [0.717, 1.165) is 22.9 Å². The van der Waals surface area contributed by atoms with E-state index in [4.69, 9.17) is 0 Å². The lowest BCUT2D eigenvalue weighted by Gasteiger charge is -2.08. The van der Waals surface area contributed by atoms with Gasteiger partial charge in [-0.3, -0.25) is 0 Å². The number of hydrogen-bond acceptors (Lipinski definition) is 3. The van der Waals surface area contributed by atoms with Crippen molar-refractivity contribution in [1.82, 2.24) is 4.98 Å². The largest absolute Gasteiger partial charge is 0.381 e. The van der Waals surface area contributed by atoms with Crippen molar-refractivity contribution in [3.05, 3.63) is 70.0 Å². The molecule has 0 atom stereocenters. The van der Waals surface area contributed by atoms with Gasteiger partial charge < -0.3 is 5.32 Å². The van der Waals surface area contributed by atoms with E-state index in [0.29, 0.717) is 0 Å². The smallest absolute Gasteiger partial charge is 0.0901 e. The van der Waals surface area contributed by atoms with Crippen LogP contribution in [0.5, 0.6) is 0 Å². The fraction of sp³-hybridized carbons (Fsp3) is 0.167. The summed E-state index contributed by atoms with van der Waals surface area (Å²) >= 11 is 1.69. The van der Waals surface area contributed by atoms with Crippen molar-refractivity contribution in [1.29, 1.82) is 0 Å². The van der Waals surface area contributed by atoms with Crippen molar-refractivity contribution in [2.75, 3.05) is 5.32 Å². The van der Waals surface area contributed by atoms with Crippen LogP contribution in [-0.2, 0) is 6.54 Å². The van der Waals surface area contributed by atoms with Gasteiger partial charge in [-0.25, -0.2) is 4.98 Å². The maximum absolute atomic E-state index is 4.51. The summed E-state index contributed by atoms with van der Waals surface area (Å²) in [6.45, 7) is 5.00. The molecule has 0 aliphatic carbocycles. The zero-order valence-electron chi connectivity index (χ0n) is 12.3. The third kappa shape index (κ3) is 3.50. The lowest BCUT2D eigenvalue weighted by molar-refractivity contribution is 1.14. The van der Waals surface area contributed by atoms with Crippen LogP contribution in [0.25, 0.3) is 11.3 Å². The van der Waals surface area contributed by atoms with Gasteiger partial charge in [0.2, 0.25) is 0 Å². The van der Waals surface area contributed by atoms with Crippen LogP contribution in [0.1, 0.15) is 16.1 Å². The van der Waals surface area contributed by atoms with Gasteiger partial charge in [0.25, 0.3) is 0 Å². The number of nitrogens with one attached hydrogen (secondary N) is 1. The highest BCUT2D eigenvalue weighted by Crippen LogP contribution is 2.23. The molecule has 2 aromatic carbocycles. The van der Waals surface area contributed by atoms with Gasteiger partial charge >= 0.3 is 0 Å². The van der Waals surface area contributed by atoms with Crippen molar-refractivity contribution in [3.8, 4) is 11.3 Å². The molecule has 3 rings (SSSR count). The number of hydrogen-bond donors (Lipinski definition) is 1. The Hall–Kier alpha value is -2.13. The molecule has 21 heavy (non-hydrogen) atoms. The van der Waals surface area contributed by atoms with E-state index >= 15 is 0 Å². The first kappa shape index (κ1) is 13.8. The quantitative estimate of drug-likeness (QED) is 0.729. The predicted octanol–water partition coefficient (Wildman–Crippen LogP) is 5.04. The van der Waals surface area contributed by atoms with E-state index in [1.54, 1.807) is 11.3 Å². The second kappa shape index (κ2) is 6.10. The molecular formula is C18H18N2S.